The van der Waals surface area contributed by atoms with Crippen molar-refractivity contribution in [1.82, 2.24) is 0 Å². The molecule has 1 heteroatoms. The lowest BCUT2D eigenvalue weighted by Gasteiger charge is -2.41. The van der Waals surface area contributed by atoms with Crippen molar-refractivity contribution in [2.45, 2.75) is 65.4 Å². The van der Waals surface area contributed by atoms with Gasteiger partial charge >= 0.3 is 0 Å². The van der Waals surface area contributed by atoms with Crippen LogP contribution in [0, 0.1) is 11.3 Å². The molecule has 0 aromatic heterocycles. The molecular formula is C12H24O. The molecule has 0 aromatic rings. The van der Waals surface area contributed by atoms with E-state index in [1.54, 1.807) is 0 Å². The van der Waals surface area contributed by atoms with E-state index in [-0.39, 0.29) is 6.10 Å². The van der Waals surface area contributed by atoms with Crippen LogP contribution in [0.5, 0.6) is 0 Å². The molecule has 0 radical (unpaired) electrons. The van der Waals surface area contributed by atoms with Gasteiger partial charge in [-0.05, 0) is 37.0 Å². The molecule has 1 aliphatic rings. The second-order valence-corrected chi connectivity index (χ2v) is 5.26. The molecular weight excluding hydrogens is 160 g/mol. The minimum absolute atomic E-state index is 0.0186. The van der Waals surface area contributed by atoms with Gasteiger partial charge < -0.3 is 5.11 Å². The van der Waals surface area contributed by atoms with Crippen LogP contribution in [0.4, 0.5) is 0 Å². The van der Waals surface area contributed by atoms with Crippen molar-refractivity contribution in [3.63, 3.8) is 0 Å². The zero-order chi connectivity index (χ0) is 9.90. The Labute approximate surface area is 82.5 Å². The van der Waals surface area contributed by atoms with Gasteiger partial charge in [0.2, 0.25) is 0 Å². The van der Waals surface area contributed by atoms with E-state index in [0.29, 0.717) is 5.41 Å². The second-order valence-electron chi connectivity index (χ2n) is 5.26. The molecule has 0 bridgehead atoms. The largest absolute Gasteiger partial charge is 0.393 e. The van der Waals surface area contributed by atoms with Gasteiger partial charge in [-0.2, -0.15) is 0 Å². The summed E-state index contributed by atoms with van der Waals surface area (Å²) in [5, 5.41) is 9.61. The average Bonchev–Trinajstić information content (AvgIpc) is 2.07. The highest BCUT2D eigenvalue weighted by molar-refractivity contribution is 4.85. The first-order chi connectivity index (χ1) is 6.06. The molecule has 0 aliphatic heterocycles. The fourth-order valence-electron chi connectivity index (χ4n) is 2.47. The van der Waals surface area contributed by atoms with E-state index in [2.05, 4.69) is 20.8 Å². The van der Waals surface area contributed by atoms with Gasteiger partial charge in [0.05, 0.1) is 6.10 Å². The normalized spacial score (nSPS) is 33.2. The lowest BCUT2D eigenvalue weighted by Crippen LogP contribution is -2.34. The van der Waals surface area contributed by atoms with Crippen molar-refractivity contribution >= 4 is 0 Å². The zero-order valence-electron chi connectivity index (χ0n) is 9.34. The smallest absolute Gasteiger partial charge is 0.0543 e. The van der Waals surface area contributed by atoms with Crippen molar-refractivity contribution in [3.8, 4) is 0 Å². The molecule has 0 unspecified atom stereocenters. The van der Waals surface area contributed by atoms with E-state index in [0.717, 1.165) is 18.8 Å². The molecule has 1 N–H and O–H groups in total. The SMILES string of the molecule is CCCC[C@@H]1C[C@H](O)CCC1(C)C. The number of unbranched alkanes of at least 4 members (excludes halogenated alkanes) is 1. The van der Waals surface area contributed by atoms with Crippen LogP contribution in [0.1, 0.15) is 59.3 Å². The molecule has 0 heterocycles. The molecule has 1 nitrogen and oxygen atoms in total. The Morgan fingerprint density at radius 2 is 2.08 bits per heavy atom. The Balaban J connectivity index is 2.46. The molecule has 0 saturated heterocycles. The molecule has 13 heavy (non-hydrogen) atoms. The molecule has 1 rings (SSSR count). The monoisotopic (exact) mass is 184 g/mol. The number of aliphatic hydroxyl groups is 1. The predicted octanol–water partition coefficient (Wildman–Crippen LogP) is 3.36. The van der Waals surface area contributed by atoms with Gasteiger partial charge in [-0.3, -0.25) is 0 Å². The molecule has 0 spiro atoms. The third kappa shape index (κ3) is 2.98. The summed E-state index contributed by atoms with van der Waals surface area (Å²) in [6.45, 7) is 6.96. The van der Waals surface area contributed by atoms with E-state index in [4.69, 9.17) is 0 Å². The third-order valence-corrected chi connectivity index (χ3v) is 3.69. The third-order valence-electron chi connectivity index (χ3n) is 3.69. The summed E-state index contributed by atoms with van der Waals surface area (Å²) in [5.41, 5.74) is 0.467. The van der Waals surface area contributed by atoms with Crippen LogP contribution in [-0.2, 0) is 0 Å². The lowest BCUT2D eigenvalue weighted by molar-refractivity contribution is 0.0237. The summed E-state index contributed by atoms with van der Waals surface area (Å²) >= 11 is 0. The maximum atomic E-state index is 9.61. The number of aliphatic hydroxyl groups excluding tert-OH is 1. The first-order valence-electron chi connectivity index (χ1n) is 5.74. The van der Waals surface area contributed by atoms with Gasteiger partial charge in [0, 0.05) is 0 Å². The van der Waals surface area contributed by atoms with Crippen molar-refractivity contribution in [3.05, 3.63) is 0 Å². The van der Waals surface area contributed by atoms with Gasteiger partial charge in [0.15, 0.2) is 0 Å². The van der Waals surface area contributed by atoms with E-state index < -0.39 is 0 Å². The topological polar surface area (TPSA) is 20.2 Å². The highest BCUT2D eigenvalue weighted by Gasteiger charge is 2.34. The van der Waals surface area contributed by atoms with E-state index in [1.807, 2.05) is 0 Å². The van der Waals surface area contributed by atoms with Crippen molar-refractivity contribution in [1.29, 1.82) is 0 Å². The summed E-state index contributed by atoms with van der Waals surface area (Å²) in [6, 6.07) is 0. The van der Waals surface area contributed by atoms with Crippen LogP contribution in [0.3, 0.4) is 0 Å². The minimum Gasteiger partial charge on any atom is -0.393 e. The predicted molar refractivity (Wildman–Crippen MR) is 56.7 cm³/mol. The fraction of sp³-hybridized carbons (Fsp3) is 1.00. The van der Waals surface area contributed by atoms with Gasteiger partial charge in [-0.25, -0.2) is 0 Å². The summed E-state index contributed by atoms with van der Waals surface area (Å²) in [5.74, 6) is 0.746. The van der Waals surface area contributed by atoms with Crippen LogP contribution < -0.4 is 0 Å². The van der Waals surface area contributed by atoms with Crippen molar-refractivity contribution < 1.29 is 5.11 Å². The minimum atomic E-state index is -0.0186. The van der Waals surface area contributed by atoms with Gasteiger partial charge in [0.1, 0.15) is 0 Å². The number of hydrogen-bond acceptors (Lipinski definition) is 1. The average molecular weight is 184 g/mol. The Morgan fingerprint density at radius 3 is 2.69 bits per heavy atom. The molecule has 2 atom stereocenters. The van der Waals surface area contributed by atoms with Crippen LogP contribution in [0.2, 0.25) is 0 Å². The molecule has 1 aliphatic carbocycles. The van der Waals surface area contributed by atoms with Gasteiger partial charge in [-0.15, -0.1) is 0 Å². The first kappa shape index (κ1) is 11.0. The molecule has 78 valence electrons. The maximum Gasteiger partial charge on any atom is 0.0543 e. The Kier molecular flexibility index (Phi) is 3.78. The fourth-order valence-corrected chi connectivity index (χ4v) is 2.47. The molecule has 1 fully saturated rings. The standard InChI is InChI=1S/C12H24O/c1-4-5-6-10-9-11(13)7-8-12(10,2)3/h10-11,13H,4-9H2,1-3H3/t10-,11-/m1/s1. The Bertz CT molecular complexity index is 151. The summed E-state index contributed by atoms with van der Waals surface area (Å²) in [7, 11) is 0. The first-order valence-corrected chi connectivity index (χ1v) is 5.74. The molecule has 0 amide bonds. The van der Waals surface area contributed by atoms with Crippen LogP contribution in [0.25, 0.3) is 0 Å². The van der Waals surface area contributed by atoms with E-state index in [9.17, 15) is 5.11 Å². The van der Waals surface area contributed by atoms with Crippen LogP contribution in [-0.4, -0.2) is 11.2 Å². The second kappa shape index (κ2) is 4.45. The summed E-state index contributed by atoms with van der Waals surface area (Å²) in [4.78, 5) is 0. The number of hydrogen-bond donors (Lipinski definition) is 1. The molecule has 1 saturated carbocycles. The summed E-state index contributed by atoms with van der Waals surface area (Å²) < 4.78 is 0. The maximum absolute atomic E-state index is 9.61. The van der Waals surface area contributed by atoms with Crippen LogP contribution in [0.15, 0.2) is 0 Å². The van der Waals surface area contributed by atoms with Gasteiger partial charge in [-0.1, -0.05) is 33.6 Å². The Morgan fingerprint density at radius 1 is 1.38 bits per heavy atom. The van der Waals surface area contributed by atoms with Crippen molar-refractivity contribution in [2.24, 2.45) is 11.3 Å². The summed E-state index contributed by atoms with van der Waals surface area (Å²) in [6.07, 6.45) is 7.13. The highest BCUT2D eigenvalue weighted by atomic mass is 16.3. The molecule has 0 aromatic carbocycles. The van der Waals surface area contributed by atoms with Crippen LogP contribution >= 0.6 is 0 Å². The number of rotatable bonds is 3. The zero-order valence-corrected chi connectivity index (χ0v) is 9.34. The van der Waals surface area contributed by atoms with E-state index in [1.165, 1.54) is 25.7 Å². The lowest BCUT2D eigenvalue weighted by atomic mass is 9.66. The van der Waals surface area contributed by atoms with Crippen molar-refractivity contribution in [2.75, 3.05) is 0 Å². The highest BCUT2D eigenvalue weighted by Crippen LogP contribution is 2.43. The Hall–Kier alpha value is -0.0400. The quantitative estimate of drug-likeness (QED) is 0.713. The van der Waals surface area contributed by atoms with Gasteiger partial charge in [0.25, 0.3) is 0 Å². The van der Waals surface area contributed by atoms with E-state index >= 15 is 0 Å².